The van der Waals surface area contributed by atoms with Gasteiger partial charge in [-0.3, -0.25) is 0 Å². The lowest BCUT2D eigenvalue weighted by Gasteiger charge is -2.11. The van der Waals surface area contributed by atoms with E-state index in [1.165, 1.54) is 24.1 Å². The first-order valence-corrected chi connectivity index (χ1v) is 8.06. The zero-order chi connectivity index (χ0) is 14.0. The molecule has 0 fully saturated rings. The van der Waals surface area contributed by atoms with Gasteiger partial charge in [0.2, 0.25) is 0 Å². The minimum absolute atomic E-state index is 0.163. The van der Waals surface area contributed by atoms with Crippen LogP contribution in [-0.4, -0.2) is 12.7 Å². The summed E-state index contributed by atoms with van der Waals surface area (Å²) in [7, 11) is 0. The van der Waals surface area contributed by atoms with E-state index in [9.17, 15) is 0 Å². The van der Waals surface area contributed by atoms with E-state index in [1.54, 1.807) is 0 Å². The van der Waals surface area contributed by atoms with Gasteiger partial charge in [0.1, 0.15) is 0 Å². The fourth-order valence-corrected chi connectivity index (χ4v) is 2.69. The zero-order valence-corrected chi connectivity index (χ0v) is 13.0. The molecule has 0 aromatic heterocycles. The standard InChI is InChI=1S/C16H18O2S2/c1-14(18-20-16-10-6-3-7-11-16)12-13-17-19-15-8-4-2-5-9-15/h2-11,14H,12-13H2,1H3. The van der Waals surface area contributed by atoms with Gasteiger partial charge in [-0.15, -0.1) is 0 Å². The van der Waals surface area contributed by atoms with Gasteiger partial charge in [-0.05, 0) is 37.6 Å². The molecule has 0 radical (unpaired) electrons. The number of benzene rings is 2. The Hall–Kier alpha value is -0.940. The van der Waals surface area contributed by atoms with Gasteiger partial charge >= 0.3 is 0 Å². The van der Waals surface area contributed by atoms with E-state index in [0.717, 1.165) is 16.2 Å². The van der Waals surface area contributed by atoms with Crippen LogP contribution in [-0.2, 0) is 8.37 Å². The van der Waals surface area contributed by atoms with Crippen LogP contribution < -0.4 is 0 Å². The summed E-state index contributed by atoms with van der Waals surface area (Å²) < 4.78 is 11.3. The van der Waals surface area contributed by atoms with Gasteiger partial charge in [-0.25, -0.2) is 0 Å². The molecule has 2 aromatic rings. The zero-order valence-electron chi connectivity index (χ0n) is 11.4. The molecular formula is C16H18O2S2. The van der Waals surface area contributed by atoms with Crippen molar-refractivity contribution >= 4 is 24.1 Å². The van der Waals surface area contributed by atoms with Gasteiger partial charge in [0, 0.05) is 33.9 Å². The molecule has 0 aliphatic rings. The molecule has 0 spiro atoms. The second kappa shape index (κ2) is 9.08. The van der Waals surface area contributed by atoms with Gasteiger partial charge in [-0.1, -0.05) is 36.4 Å². The second-order valence-corrected chi connectivity index (χ2v) is 6.01. The molecule has 2 aromatic carbocycles. The van der Waals surface area contributed by atoms with Gasteiger partial charge in [0.15, 0.2) is 0 Å². The monoisotopic (exact) mass is 306 g/mol. The van der Waals surface area contributed by atoms with Crippen molar-refractivity contribution in [2.45, 2.75) is 29.2 Å². The third-order valence-corrected chi connectivity index (χ3v) is 4.20. The van der Waals surface area contributed by atoms with E-state index < -0.39 is 0 Å². The summed E-state index contributed by atoms with van der Waals surface area (Å²) in [6, 6.07) is 20.2. The Morgan fingerprint density at radius 3 is 2.00 bits per heavy atom. The van der Waals surface area contributed by atoms with Crippen molar-refractivity contribution in [1.29, 1.82) is 0 Å². The average molecular weight is 306 g/mol. The lowest BCUT2D eigenvalue weighted by molar-refractivity contribution is 0.215. The van der Waals surface area contributed by atoms with Crippen molar-refractivity contribution in [2.75, 3.05) is 6.61 Å². The molecule has 0 aliphatic heterocycles. The molecule has 4 heteroatoms. The first-order chi connectivity index (χ1) is 9.84. The Bertz CT molecular complexity index is 476. The van der Waals surface area contributed by atoms with E-state index in [4.69, 9.17) is 8.37 Å². The van der Waals surface area contributed by atoms with Crippen LogP contribution in [0.3, 0.4) is 0 Å². The fraction of sp³-hybridized carbons (Fsp3) is 0.250. The van der Waals surface area contributed by atoms with Crippen molar-refractivity contribution < 1.29 is 8.37 Å². The molecule has 0 N–H and O–H groups in total. The summed E-state index contributed by atoms with van der Waals surface area (Å²) in [5.41, 5.74) is 0. The fourth-order valence-electron chi connectivity index (χ4n) is 1.46. The lowest BCUT2D eigenvalue weighted by Crippen LogP contribution is -2.06. The van der Waals surface area contributed by atoms with Gasteiger partial charge in [-0.2, -0.15) is 0 Å². The van der Waals surface area contributed by atoms with Crippen LogP contribution in [0.15, 0.2) is 70.5 Å². The molecule has 0 amide bonds. The summed E-state index contributed by atoms with van der Waals surface area (Å²) in [6.07, 6.45) is 1.04. The molecule has 2 nitrogen and oxygen atoms in total. The minimum Gasteiger partial charge on any atom is -0.310 e. The van der Waals surface area contributed by atoms with Gasteiger partial charge in [0.25, 0.3) is 0 Å². The van der Waals surface area contributed by atoms with Crippen LogP contribution >= 0.6 is 24.1 Å². The second-order valence-electron chi connectivity index (χ2n) is 4.31. The smallest absolute Gasteiger partial charge is 0.0721 e. The minimum atomic E-state index is 0.163. The number of rotatable bonds is 8. The van der Waals surface area contributed by atoms with Crippen LogP contribution in [0.2, 0.25) is 0 Å². The van der Waals surface area contributed by atoms with Crippen LogP contribution in [0.25, 0.3) is 0 Å². The maximum Gasteiger partial charge on any atom is 0.0721 e. The number of hydrogen-bond donors (Lipinski definition) is 0. The highest BCUT2D eigenvalue weighted by Gasteiger charge is 2.04. The molecule has 106 valence electrons. The lowest BCUT2D eigenvalue weighted by atomic mass is 10.3. The van der Waals surface area contributed by atoms with E-state index in [0.29, 0.717) is 6.61 Å². The summed E-state index contributed by atoms with van der Waals surface area (Å²) in [5, 5.41) is 0. The average Bonchev–Trinajstić information content (AvgIpc) is 2.52. The quantitative estimate of drug-likeness (QED) is 0.492. The molecular weight excluding hydrogens is 288 g/mol. The third-order valence-electron chi connectivity index (χ3n) is 2.56. The molecule has 0 bridgehead atoms. The van der Waals surface area contributed by atoms with Crippen LogP contribution in [0.5, 0.6) is 0 Å². The molecule has 0 saturated heterocycles. The molecule has 0 aliphatic carbocycles. The van der Waals surface area contributed by atoms with Gasteiger partial charge in [0.05, 0.1) is 12.7 Å². The highest BCUT2D eigenvalue weighted by atomic mass is 32.2. The maximum absolute atomic E-state index is 5.71. The van der Waals surface area contributed by atoms with Gasteiger partial charge < -0.3 is 8.37 Å². The Kier molecular flexibility index (Phi) is 7.01. The molecule has 0 saturated carbocycles. The Morgan fingerprint density at radius 1 is 0.850 bits per heavy atom. The van der Waals surface area contributed by atoms with Crippen molar-refractivity contribution in [3.8, 4) is 0 Å². The predicted molar refractivity (Wildman–Crippen MR) is 85.7 cm³/mol. The first kappa shape index (κ1) is 15.4. The van der Waals surface area contributed by atoms with Crippen LogP contribution in [0.4, 0.5) is 0 Å². The SMILES string of the molecule is CC(CCOSc1ccccc1)OSc1ccccc1. The highest BCUT2D eigenvalue weighted by molar-refractivity contribution is 7.95. The maximum atomic E-state index is 5.71. The summed E-state index contributed by atoms with van der Waals surface area (Å²) in [4.78, 5) is 2.25. The third kappa shape index (κ3) is 6.01. The van der Waals surface area contributed by atoms with E-state index in [-0.39, 0.29) is 6.10 Å². The summed E-state index contributed by atoms with van der Waals surface area (Å²) >= 11 is 2.84. The predicted octanol–water partition coefficient (Wildman–Crippen LogP) is 5.21. The normalized spacial score (nSPS) is 12.2. The molecule has 1 atom stereocenters. The first-order valence-electron chi connectivity index (χ1n) is 6.57. The number of hydrogen-bond acceptors (Lipinski definition) is 4. The Balaban J connectivity index is 1.57. The van der Waals surface area contributed by atoms with E-state index in [2.05, 4.69) is 6.92 Å². The largest absolute Gasteiger partial charge is 0.310 e. The van der Waals surface area contributed by atoms with Crippen molar-refractivity contribution in [1.82, 2.24) is 0 Å². The molecule has 0 heterocycles. The van der Waals surface area contributed by atoms with E-state index >= 15 is 0 Å². The van der Waals surface area contributed by atoms with Crippen LogP contribution in [0, 0.1) is 0 Å². The Labute approximate surface area is 129 Å². The van der Waals surface area contributed by atoms with Crippen molar-refractivity contribution in [2.24, 2.45) is 0 Å². The molecule has 20 heavy (non-hydrogen) atoms. The molecule has 1 unspecified atom stereocenters. The van der Waals surface area contributed by atoms with E-state index in [1.807, 2.05) is 60.7 Å². The van der Waals surface area contributed by atoms with Crippen LogP contribution in [0.1, 0.15) is 13.3 Å². The topological polar surface area (TPSA) is 18.5 Å². The molecule has 2 rings (SSSR count). The summed E-state index contributed by atoms with van der Waals surface area (Å²) in [5.74, 6) is 0. The van der Waals surface area contributed by atoms with Crippen molar-refractivity contribution in [3.05, 3.63) is 60.7 Å². The highest BCUT2D eigenvalue weighted by Crippen LogP contribution is 2.22. The Morgan fingerprint density at radius 2 is 1.40 bits per heavy atom. The van der Waals surface area contributed by atoms with Crippen molar-refractivity contribution in [3.63, 3.8) is 0 Å². The summed E-state index contributed by atoms with van der Waals surface area (Å²) in [6.45, 7) is 2.74.